The fourth-order valence-electron chi connectivity index (χ4n) is 2.56. The molecular formula is C16H23N3O2. The minimum Gasteiger partial charge on any atom is -0.496 e. The van der Waals surface area contributed by atoms with Crippen LogP contribution in [0.1, 0.15) is 29.8 Å². The maximum atomic E-state index is 5.46. The van der Waals surface area contributed by atoms with Gasteiger partial charge in [0, 0.05) is 6.54 Å². The molecule has 1 N–H and O–H groups in total. The number of ether oxygens (including phenoxy) is 2. The Labute approximate surface area is 125 Å². The second-order valence-electron chi connectivity index (χ2n) is 4.86. The van der Waals surface area contributed by atoms with Crippen LogP contribution in [0.25, 0.3) is 0 Å². The molecule has 5 nitrogen and oxygen atoms in total. The van der Waals surface area contributed by atoms with Gasteiger partial charge in [0.05, 0.1) is 26.5 Å². The highest BCUT2D eigenvalue weighted by Crippen LogP contribution is 2.32. The first-order chi connectivity index (χ1) is 10.2. The van der Waals surface area contributed by atoms with Crippen LogP contribution in [0.15, 0.2) is 24.4 Å². The molecule has 0 spiro atoms. The van der Waals surface area contributed by atoms with E-state index >= 15 is 0 Å². The Balaban J connectivity index is 2.51. The molecule has 0 saturated heterocycles. The zero-order valence-electron chi connectivity index (χ0n) is 13.3. The summed E-state index contributed by atoms with van der Waals surface area (Å²) >= 11 is 0. The average Bonchev–Trinajstić information content (AvgIpc) is 2.92. The van der Waals surface area contributed by atoms with Crippen LogP contribution < -0.4 is 14.8 Å². The molecule has 0 bridgehead atoms. The Hall–Kier alpha value is -2.01. The lowest BCUT2D eigenvalue weighted by molar-refractivity contribution is 0.399. The van der Waals surface area contributed by atoms with E-state index in [1.165, 1.54) is 0 Å². The standard InChI is InChI=1S/C16H23N3O2/c1-6-19-16(14(21-5)10-18-19)15(17-3)12-8-7-11(2)13(9-12)20-4/h7-10,15,17H,6H2,1-5H3. The third kappa shape index (κ3) is 2.88. The zero-order valence-corrected chi connectivity index (χ0v) is 13.3. The largest absolute Gasteiger partial charge is 0.496 e. The molecule has 1 aromatic carbocycles. The monoisotopic (exact) mass is 289 g/mol. The Morgan fingerprint density at radius 3 is 2.52 bits per heavy atom. The van der Waals surface area contributed by atoms with Crippen LogP contribution in [0.4, 0.5) is 0 Å². The van der Waals surface area contributed by atoms with Gasteiger partial charge in [-0.15, -0.1) is 0 Å². The lowest BCUT2D eigenvalue weighted by Crippen LogP contribution is -2.22. The maximum absolute atomic E-state index is 5.46. The second-order valence-corrected chi connectivity index (χ2v) is 4.86. The molecule has 0 aliphatic heterocycles. The van der Waals surface area contributed by atoms with E-state index in [1.54, 1.807) is 20.4 Å². The summed E-state index contributed by atoms with van der Waals surface area (Å²) in [5, 5.41) is 7.72. The fraction of sp³-hybridized carbons (Fsp3) is 0.438. The Kier molecular flexibility index (Phi) is 4.85. The van der Waals surface area contributed by atoms with Crippen molar-refractivity contribution in [2.45, 2.75) is 26.4 Å². The van der Waals surface area contributed by atoms with Crippen molar-refractivity contribution in [2.75, 3.05) is 21.3 Å². The molecule has 0 aliphatic carbocycles. The van der Waals surface area contributed by atoms with Gasteiger partial charge in [0.15, 0.2) is 5.75 Å². The van der Waals surface area contributed by atoms with Gasteiger partial charge in [0.2, 0.25) is 0 Å². The Morgan fingerprint density at radius 2 is 1.95 bits per heavy atom. The highest BCUT2D eigenvalue weighted by Gasteiger charge is 2.22. The number of nitrogens with one attached hydrogen (secondary N) is 1. The smallest absolute Gasteiger partial charge is 0.161 e. The van der Waals surface area contributed by atoms with E-state index in [-0.39, 0.29) is 6.04 Å². The van der Waals surface area contributed by atoms with E-state index in [0.717, 1.165) is 34.9 Å². The summed E-state index contributed by atoms with van der Waals surface area (Å²) in [7, 11) is 5.30. The summed E-state index contributed by atoms with van der Waals surface area (Å²) in [5.41, 5.74) is 3.26. The van der Waals surface area contributed by atoms with E-state index in [9.17, 15) is 0 Å². The molecule has 0 fully saturated rings. The van der Waals surface area contributed by atoms with Gasteiger partial charge < -0.3 is 14.8 Å². The fourth-order valence-corrected chi connectivity index (χ4v) is 2.56. The number of aryl methyl sites for hydroxylation is 2. The summed E-state index contributed by atoms with van der Waals surface area (Å²) in [6.45, 7) is 4.89. The lowest BCUT2D eigenvalue weighted by atomic mass is 10.0. The highest BCUT2D eigenvalue weighted by atomic mass is 16.5. The number of hydrogen-bond donors (Lipinski definition) is 1. The van der Waals surface area contributed by atoms with Crippen molar-refractivity contribution in [1.29, 1.82) is 0 Å². The molecule has 2 aromatic rings. The molecule has 5 heteroatoms. The lowest BCUT2D eigenvalue weighted by Gasteiger charge is -2.20. The summed E-state index contributed by atoms with van der Waals surface area (Å²) in [4.78, 5) is 0. The van der Waals surface area contributed by atoms with E-state index in [4.69, 9.17) is 9.47 Å². The average molecular weight is 289 g/mol. The summed E-state index contributed by atoms with van der Waals surface area (Å²) in [5.74, 6) is 1.67. The summed E-state index contributed by atoms with van der Waals surface area (Å²) < 4.78 is 12.8. The molecule has 1 heterocycles. The first-order valence-corrected chi connectivity index (χ1v) is 7.07. The molecular weight excluding hydrogens is 266 g/mol. The quantitative estimate of drug-likeness (QED) is 0.888. The van der Waals surface area contributed by atoms with Crippen LogP contribution in [0.3, 0.4) is 0 Å². The number of aromatic nitrogens is 2. The molecule has 1 atom stereocenters. The molecule has 0 aliphatic rings. The molecule has 2 rings (SSSR count). The van der Waals surface area contributed by atoms with Crippen molar-refractivity contribution in [3.05, 3.63) is 41.2 Å². The van der Waals surface area contributed by atoms with Gasteiger partial charge in [-0.25, -0.2) is 0 Å². The predicted octanol–water partition coefficient (Wildman–Crippen LogP) is 2.54. The van der Waals surface area contributed by atoms with Crippen molar-refractivity contribution >= 4 is 0 Å². The molecule has 0 saturated carbocycles. The summed E-state index contributed by atoms with van der Waals surface area (Å²) in [6.07, 6.45) is 1.76. The molecule has 114 valence electrons. The molecule has 1 aromatic heterocycles. The maximum Gasteiger partial charge on any atom is 0.161 e. The Bertz CT molecular complexity index is 586. The van der Waals surface area contributed by atoms with Gasteiger partial charge in [0.25, 0.3) is 0 Å². The summed E-state index contributed by atoms with van der Waals surface area (Å²) in [6, 6.07) is 6.23. The van der Waals surface area contributed by atoms with Gasteiger partial charge in [0.1, 0.15) is 11.4 Å². The number of benzene rings is 1. The Morgan fingerprint density at radius 1 is 1.24 bits per heavy atom. The first kappa shape index (κ1) is 15.4. The molecule has 0 radical (unpaired) electrons. The third-order valence-electron chi connectivity index (χ3n) is 3.69. The third-order valence-corrected chi connectivity index (χ3v) is 3.69. The van der Waals surface area contributed by atoms with Gasteiger partial charge in [-0.3, -0.25) is 4.68 Å². The zero-order chi connectivity index (χ0) is 15.4. The molecule has 0 amide bonds. The van der Waals surface area contributed by atoms with E-state index in [0.29, 0.717) is 0 Å². The molecule has 21 heavy (non-hydrogen) atoms. The topological polar surface area (TPSA) is 48.3 Å². The minimum atomic E-state index is -0.00287. The van der Waals surface area contributed by atoms with Gasteiger partial charge >= 0.3 is 0 Å². The number of methoxy groups -OCH3 is 2. The number of hydrogen-bond acceptors (Lipinski definition) is 4. The second kappa shape index (κ2) is 6.63. The normalized spacial score (nSPS) is 12.2. The van der Waals surface area contributed by atoms with Gasteiger partial charge in [-0.2, -0.15) is 5.10 Å². The van der Waals surface area contributed by atoms with Crippen molar-refractivity contribution in [3.63, 3.8) is 0 Å². The number of rotatable bonds is 6. The molecule has 1 unspecified atom stereocenters. The van der Waals surface area contributed by atoms with Gasteiger partial charge in [-0.05, 0) is 38.1 Å². The first-order valence-electron chi connectivity index (χ1n) is 7.07. The van der Waals surface area contributed by atoms with E-state index < -0.39 is 0 Å². The van der Waals surface area contributed by atoms with Crippen LogP contribution in [0.2, 0.25) is 0 Å². The SMILES string of the molecule is CCn1ncc(OC)c1C(NC)c1ccc(C)c(OC)c1. The minimum absolute atomic E-state index is 0.00287. The predicted molar refractivity (Wildman–Crippen MR) is 83.1 cm³/mol. The van der Waals surface area contributed by atoms with Crippen LogP contribution in [0.5, 0.6) is 11.5 Å². The van der Waals surface area contributed by atoms with Crippen LogP contribution >= 0.6 is 0 Å². The number of nitrogens with zero attached hydrogens (tertiary/aromatic N) is 2. The van der Waals surface area contributed by atoms with E-state index in [1.807, 2.05) is 18.7 Å². The van der Waals surface area contributed by atoms with Crippen molar-refractivity contribution in [2.24, 2.45) is 0 Å². The van der Waals surface area contributed by atoms with Crippen molar-refractivity contribution < 1.29 is 9.47 Å². The van der Waals surface area contributed by atoms with Crippen molar-refractivity contribution in [1.82, 2.24) is 15.1 Å². The van der Waals surface area contributed by atoms with Gasteiger partial charge in [-0.1, -0.05) is 12.1 Å². The van der Waals surface area contributed by atoms with Crippen LogP contribution in [0, 0.1) is 6.92 Å². The van der Waals surface area contributed by atoms with Crippen LogP contribution in [-0.4, -0.2) is 31.0 Å². The highest BCUT2D eigenvalue weighted by molar-refractivity contribution is 5.42. The van der Waals surface area contributed by atoms with Crippen molar-refractivity contribution in [3.8, 4) is 11.5 Å². The van der Waals surface area contributed by atoms with Crippen LogP contribution in [-0.2, 0) is 6.54 Å². The van der Waals surface area contributed by atoms with E-state index in [2.05, 4.69) is 35.5 Å².